The van der Waals surface area contributed by atoms with Gasteiger partial charge in [-0.2, -0.15) is 0 Å². The second-order valence-corrected chi connectivity index (χ2v) is 7.59. The van der Waals surface area contributed by atoms with Crippen molar-refractivity contribution < 1.29 is 23.9 Å². The van der Waals surface area contributed by atoms with Crippen LogP contribution in [0.3, 0.4) is 0 Å². The Morgan fingerprint density at radius 1 is 1.10 bits per heavy atom. The maximum atomic E-state index is 12.3. The number of esters is 1. The number of nitrogens with one attached hydrogen (secondary N) is 1. The Hall–Kier alpha value is -3.00. The van der Waals surface area contributed by atoms with E-state index in [0.29, 0.717) is 16.9 Å². The lowest BCUT2D eigenvalue weighted by molar-refractivity contribution is -0.151. The van der Waals surface area contributed by atoms with Gasteiger partial charge in [0.05, 0.1) is 5.92 Å². The van der Waals surface area contributed by atoms with E-state index < -0.39 is 24.4 Å². The van der Waals surface area contributed by atoms with Crippen LogP contribution in [0.5, 0.6) is 0 Å². The number of anilines is 2. The third-order valence-electron chi connectivity index (χ3n) is 4.52. The van der Waals surface area contributed by atoms with Crippen LogP contribution in [0, 0.1) is 5.92 Å². The fraction of sp³-hybridized carbons (Fsp3) is 0.238. The van der Waals surface area contributed by atoms with Gasteiger partial charge in [-0.15, -0.1) is 0 Å². The molecule has 29 heavy (non-hydrogen) atoms. The predicted molar refractivity (Wildman–Crippen MR) is 111 cm³/mol. The first-order valence-electron chi connectivity index (χ1n) is 8.97. The molecule has 0 aromatic heterocycles. The van der Waals surface area contributed by atoms with Crippen molar-refractivity contribution in [1.82, 2.24) is 0 Å². The minimum Gasteiger partial charge on any atom is -0.455 e. The Labute approximate surface area is 176 Å². The smallest absolute Gasteiger partial charge is 0.311 e. The van der Waals surface area contributed by atoms with Gasteiger partial charge in [0.2, 0.25) is 5.91 Å². The van der Waals surface area contributed by atoms with Crippen LogP contribution in [0.1, 0.15) is 23.7 Å². The lowest BCUT2D eigenvalue weighted by Gasteiger charge is -2.16. The molecule has 0 bridgehead atoms. The van der Waals surface area contributed by atoms with Crippen molar-refractivity contribution in [3.8, 4) is 0 Å². The van der Waals surface area contributed by atoms with E-state index in [1.54, 1.807) is 36.4 Å². The average Bonchev–Trinajstić information content (AvgIpc) is 3.09. The average molecular weight is 459 g/mol. The molecule has 0 spiro atoms. The highest BCUT2D eigenvalue weighted by molar-refractivity contribution is 9.10. The standard InChI is InChI=1S/C21H19BrN2O5/c1-13(25)14-2-6-17(7-3-14)23-19(26)12-29-21(28)15-10-20(27)24(11-15)18-8-4-16(22)5-9-18/h2-9,15H,10-12H2,1H3,(H,23,26)/t15-/m1/s1. The minimum absolute atomic E-state index is 0.0447. The number of carbonyl (C=O) groups is 4. The van der Waals surface area contributed by atoms with Crippen molar-refractivity contribution in [2.75, 3.05) is 23.4 Å². The predicted octanol–water partition coefficient (Wildman–Crippen LogP) is 3.19. The number of rotatable bonds is 6. The van der Waals surface area contributed by atoms with E-state index in [4.69, 9.17) is 4.74 Å². The first-order chi connectivity index (χ1) is 13.8. The first-order valence-corrected chi connectivity index (χ1v) is 9.76. The molecule has 150 valence electrons. The van der Waals surface area contributed by atoms with Gasteiger partial charge in [0.15, 0.2) is 12.4 Å². The molecule has 1 aliphatic heterocycles. The summed E-state index contributed by atoms with van der Waals surface area (Å²) in [6.45, 7) is 1.22. The number of nitrogens with zero attached hydrogens (tertiary/aromatic N) is 1. The molecular formula is C21H19BrN2O5. The number of amides is 2. The van der Waals surface area contributed by atoms with Gasteiger partial charge in [-0.05, 0) is 55.5 Å². The van der Waals surface area contributed by atoms with Crippen molar-refractivity contribution in [2.24, 2.45) is 5.92 Å². The summed E-state index contributed by atoms with van der Waals surface area (Å²) in [5.41, 5.74) is 1.74. The van der Waals surface area contributed by atoms with Crippen LogP contribution in [0.15, 0.2) is 53.0 Å². The Morgan fingerprint density at radius 3 is 2.38 bits per heavy atom. The van der Waals surface area contributed by atoms with E-state index in [1.807, 2.05) is 12.1 Å². The van der Waals surface area contributed by atoms with Gasteiger partial charge >= 0.3 is 5.97 Å². The quantitative estimate of drug-likeness (QED) is 0.529. The molecule has 3 rings (SSSR count). The molecule has 1 saturated heterocycles. The van der Waals surface area contributed by atoms with Crippen LogP contribution < -0.4 is 10.2 Å². The molecule has 1 atom stereocenters. The van der Waals surface area contributed by atoms with Gasteiger partial charge in [-0.3, -0.25) is 19.2 Å². The van der Waals surface area contributed by atoms with Gasteiger partial charge in [0.25, 0.3) is 5.91 Å². The number of carbonyl (C=O) groups excluding carboxylic acids is 4. The summed E-state index contributed by atoms with van der Waals surface area (Å²) in [6, 6.07) is 13.6. The lowest BCUT2D eigenvalue weighted by Crippen LogP contribution is -2.28. The van der Waals surface area contributed by atoms with Crippen LogP contribution in [0.4, 0.5) is 11.4 Å². The van der Waals surface area contributed by atoms with Crippen molar-refractivity contribution in [1.29, 1.82) is 0 Å². The SMILES string of the molecule is CC(=O)c1ccc(NC(=O)COC(=O)[C@@H]2CC(=O)N(c3ccc(Br)cc3)C2)cc1. The van der Waals surface area contributed by atoms with Gasteiger partial charge < -0.3 is 15.0 Å². The van der Waals surface area contributed by atoms with E-state index in [9.17, 15) is 19.2 Å². The molecule has 2 amide bonds. The second kappa shape index (κ2) is 9.00. The summed E-state index contributed by atoms with van der Waals surface area (Å²) in [6.07, 6.45) is 0.0447. The van der Waals surface area contributed by atoms with Gasteiger partial charge in [-0.25, -0.2) is 0 Å². The lowest BCUT2D eigenvalue weighted by atomic mass is 10.1. The molecule has 0 unspecified atom stereocenters. The molecule has 2 aromatic rings. The van der Waals surface area contributed by atoms with E-state index in [0.717, 1.165) is 4.47 Å². The number of ether oxygens (including phenoxy) is 1. The van der Waals surface area contributed by atoms with E-state index in [1.165, 1.54) is 11.8 Å². The third-order valence-corrected chi connectivity index (χ3v) is 5.05. The Morgan fingerprint density at radius 2 is 1.76 bits per heavy atom. The zero-order valence-electron chi connectivity index (χ0n) is 15.7. The number of Topliss-reactive ketones (excluding diaryl/α,β-unsaturated/α-hetero) is 1. The molecule has 7 nitrogen and oxygen atoms in total. The Kier molecular flexibility index (Phi) is 6.43. The van der Waals surface area contributed by atoms with Crippen molar-refractivity contribution >= 4 is 50.9 Å². The molecule has 1 fully saturated rings. The zero-order chi connectivity index (χ0) is 21.0. The zero-order valence-corrected chi connectivity index (χ0v) is 17.3. The molecule has 0 aliphatic carbocycles. The van der Waals surface area contributed by atoms with Crippen molar-refractivity contribution in [3.05, 3.63) is 58.6 Å². The maximum absolute atomic E-state index is 12.3. The Balaban J connectivity index is 1.50. The fourth-order valence-corrected chi connectivity index (χ4v) is 3.24. The number of hydrogen-bond acceptors (Lipinski definition) is 5. The number of halogens is 1. The molecule has 8 heteroatoms. The summed E-state index contributed by atoms with van der Waals surface area (Å²) < 4.78 is 5.98. The summed E-state index contributed by atoms with van der Waals surface area (Å²) >= 11 is 3.34. The molecule has 2 aromatic carbocycles. The molecule has 1 aliphatic rings. The van der Waals surface area contributed by atoms with Crippen LogP contribution in [0.25, 0.3) is 0 Å². The van der Waals surface area contributed by atoms with Gasteiger partial charge in [0.1, 0.15) is 0 Å². The van der Waals surface area contributed by atoms with Crippen LogP contribution in [0.2, 0.25) is 0 Å². The first kappa shape index (κ1) is 20.7. The minimum atomic E-state index is -0.617. The summed E-state index contributed by atoms with van der Waals surface area (Å²) in [5, 5.41) is 2.59. The van der Waals surface area contributed by atoms with E-state index in [2.05, 4.69) is 21.2 Å². The highest BCUT2D eigenvalue weighted by Gasteiger charge is 2.36. The van der Waals surface area contributed by atoms with E-state index >= 15 is 0 Å². The third kappa shape index (κ3) is 5.29. The monoisotopic (exact) mass is 458 g/mol. The summed E-state index contributed by atoms with van der Waals surface area (Å²) in [4.78, 5) is 49.3. The molecule has 1 N–H and O–H groups in total. The molecule has 1 heterocycles. The summed E-state index contributed by atoms with van der Waals surface area (Å²) in [7, 11) is 0. The molecule has 0 radical (unpaired) electrons. The molecule has 0 saturated carbocycles. The second-order valence-electron chi connectivity index (χ2n) is 6.67. The van der Waals surface area contributed by atoms with Crippen LogP contribution in [-0.2, 0) is 19.1 Å². The number of ketones is 1. The van der Waals surface area contributed by atoms with Crippen molar-refractivity contribution in [2.45, 2.75) is 13.3 Å². The highest BCUT2D eigenvalue weighted by atomic mass is 79.9. The van der Waals surface area contributed by atoms with Gasteiger partial charge in [0, 0.05) is 34.4 Å². The number of hydrogen-bond donors (Lipinski definition) is 1. The largest absolute Gasteiger partial charge is 0.455 e. The topological polar surface area (TPSA) is 92.8 Å². The van der Waals surface area contributed by atoms with Crippen molar-refractivity contribution in [3.63, 3.8) is 0 Å². The van der Waals surface area contributed by atoms with Gasteiger partial charge in [-0.1, -0.05) is 15.9 Å². The fourth-order valence-electron chi connectivity index (χ4n) is 2.98. The highest BCUT2D eigenvalue weighted by Crippen LogP contribution is 2.27. The van der Waals surface area contributed by atoms with Crippen LogP contribution >= 0.6 is 15.9 Å². The van der Waals surface area contributed by atoms with E-state index in [-0.39, 0.29) is 24.7 Å². The number of benzene rings is 2. The normalized spacial score (nSPS) is 15.9. The van der Waals surface area contributed by atoms with Crippen LogP contribution in [-0.4, -0.2) is 36.7 Å². The molecular weight excluding hydrogens is 440 g/mol. The Bertz CT molecular complexity index is 941. The summed E-state index contributed by atoms with van der Waals surface area (Å²) in [5.74, 6) is -1.93. The maximum Gasteiger partial charge on any atom is 0.311 e.